The molecule has 1 N–H and O–H groups in total. The summed E-state index contributed by atoms with van der Waals surface area (Å²) >= 11 is 5.97. The van der Waals surface area contributed by atoms with Crippen LogP contribution in [0.4, 0.5) is 0 Å². The van der Waals surface area contributed by atoms with Crippen LogP contribution in [0.15, 0.2) is 18.2 Å². The van der Waals surface area contributed by atoms with Crippen molar-refractivity contribution in [3.8, 4) is 5.75 Å². The van der Waals surface area contributed by atoms with Crippen LogP contribution in [0.1, 0.15) is 25.1 Å². The first-order valence-corrected chi connectivity index (χ1v) is 7.63. The monoisotopic (exact) mass is 307 g/mol. The molecule has 0 saturated heterocycles. The van der Waals surface area contributed by atoms with Gasteiger partial charge in [-0.1, -0.05) is 0 Å². The van der Waals surface area contributed by atoms with E-state index in [1.165, 1.54) is 0 Å². The number of aromatic nitrogens is 2. The Hall–Kier alpha value is -1.75. The normalized spacial score (nSPS) is 14.4. The number of hydrogen-bond donors (Lipinski definition) is 1. The maximum absolute atomic E-state index is 11.8. The Morgan fingerprint density at radius 2 is 2.33 bits per heavy atom. The Morgan fingerprint density at radius 1 is 1.52 bits per heavy atom. The molecule has 0 atom stereocenters. The van der Waals surface area contributed by atoms with Gasteiger partial charge >= 0.3 is 0 Å². The molecule has 5 nitrogen and oxygen atoms in total. The lowest BCUT2D eigenvalue weighted by Crippen LogP contribution is -2.26. The second kappa shape index (κ2) is 5.93. The van der Waals surface area contributed by atoms with E-state index < -0.39 is 0 Å². The van der Waals surface area contributed by atoms with Crippen molar-refractivity contribution < 1.29 is 9.53 Å². The Labute approximate surface area is 128 Å². The van der Waals surface area contributed by atoms with Gasteiger partial charge in [0.2, 0.25) is 5.91 Å². The first kappa shape index (κ1) is 14.2. The van der Waals surface area contributed by atoms with E-state index in [9.17, 15) is 4.79 Å². The molecule has 6 heteroatoms. The van der Waals surface area contributed by atoms with E-state index in [1.54, 1.807) is 7.11 Å². The van der Waals surface area contributed by atoms with Crippen molar-refractivity contribution in [1.29, 1.82) is 0 Å². The average molecular weight is 308 g/mol. The molecule has 0 bridgehead atoms. The lowest BCUT2D eigenvalue weighted by molar-refractivity contribution is -0.121. The number of nitrogens with one attached hydrogen (secondary N) is 1. The van der Waals surface area contributed by atoms with Gasteiger partial charge in [-0.3, -0.25) is 4.79 Å². The molecule has 3 rings (SSSR count). The molecule has 0 spiro atoms. The molecule has 1 aliphatic carbocycles. The standard InChI is InChI=1S/C15H18ClN3O2/c1-21-11-4-5-12-13(8-11)19(14(9-16)18-12)7-6-15(20)17-10-2-3-10/h4-5,8,10H,2-3,6-7,9H2,1H3,(H,17,20). The van der Waals surface area contributed by atoms with Crippen molar-refractivity contribution in [2.75, 3.05) is 7.11 Å². The lowest BCUT2D eigenvalue weighted by atomic mass is 10.3. The molecule has 1 fully saturated rings. The summed E-state index contributed by atoms with van der Waals surface area (Å²) in [5, 5.41) is 2.99. The highest BCUT2D eigenvalue weighted by Gasteiger charge is 2.23. The number of imidazole rings is 1. The van der Waals surface area contributed by atoms with Gasteiger partial charge in [0.05, 0.1) is 24.0 Å². The second-order valence-electron chi connectivity index (χ2n) is 5.26. The zero-order valence-electron chi connectivity index (χ0n) is 11.9. The van der Waals surface area contributed by atoms with Crippen LogP contribution < -0.4 is 10.1 Å². The van der Waals surface area contributed by atoms with Gasteiger partial charge in [0.15, 0.2) is 0 Å². The van der Waals surface area contributed by atoms with E-state index >= 15 is 0 Å². The summed E-state index contributed by atoms with van der Waals surface area (Å²) in [5.74, 6) is 1.95. The summed E-state index contributed by atoms with van der Waals surface area (Å²) < 4.78 is 7.25. The Bertz CT molecular complexity index is 664. The van der Waals surface area contributed by atoms with Crippen LogP contribution in [-0.4, -0.2) is 28.6 Å². The van der Waals surface area contributed by atoms with Gasteiger partial charge in [-0.25, -0.2) is 4.98 Å². The van der Waals surface area contributed by atoms with Crippen LogP contribution >= 0.6 is 11.6 Å². The van der Waals surface area contributed by atoms with Gasteiger partial charge in [-0.15, -0.1) is 11.6 Å². The topological polar surface area (TPSA) is 56.2 Å². The van der Waals surface area contributed by atoms with E-state index in [0.717, 1.165) is 35.4 Å². The molecule has 1 aromatic carbocycles. The molecule has 112 valence electrons. The highest BCUT2D eigenvalue weighted by atomic mass is 35.5. The van der Waals surface area contributed by atoms with Crippen molar-refractivity contribution in [2.45, 2.75) is 37.7 Å². The molecule has 21 heavy (non-hydrogen) atoms. The predicted octanol–water partition coefficient (Wildman–Crippen LogP) is 2.45. The number of hydrogen-bond acceptors (Lipinski definition) is 3. The SMILES string of the molecule is COc1ccc2nc(CCl)n(CCC(=O)NC3CC3)c2c1. The fraction of sp³-hybridized carbons (Fsp3) is 0.467. The molecule has 1 saturated carbocycles. The van der Waals surface area contributed by atoms with Gasteiger partial charge in [0.25, 0.3) is 0 Å². The number of benzene rings is 1. The highest BCUT2D eigenvalue weighted by Crippen LogP contribution is 2.23. The van der Waals surface area contributed by atoms with Gasteiger partial charge in [0.1, 0.15) is 11.6 Å². The second-order valence-corrected chi connectivity index (χ2v) is 5.53. The maximum Gasteiger partial charge on any atom is 0.222 e. The number of carbonyl (C=O) groups is 1. The fourth-order valence-corrected chi connectivity index (χ4v) is 2.58. The van der Waals surface area contributed by atoms with Crippen LogP contribution in [0.3, 0.4) is 0 Å². The van der Waals surface area contributed by atoms with Crippen LogP contribution in [0.5, 0.6) is 5.75 Å². The molecule has 1 amide bonds. The number of nitrogens with zero attached hydrogens (tertiary/aromatic N) is 2. The van der Waals surface area contributed by atoms with Crippen LogP contribution in [0.2, 0.25) is 0 Å². The molecular formula is C15H18ClN3O2. The van der Waals surface area contributed by atoms with Crippen molar-refractivity contribution in [3.63, 3.8) is 0 Å². The minimum Gasteiger partial charge on any atom is -0.497 e. The van der Waals surface area contributed by atoms with Crippen molar-refractivity contribution >= 4 is 28.5 Å². The molecule has 1 aliphatic rings. The van der Waals surface area contributed by atoms with Crippen LogP contribution in [0, 0.1) is 0 Å². The predicted molar refractivity (Wildman–Crippen MR) is 81.6 cm³/mol. The third kappa shape index (κ3) is 3.13. The third-order valence-electron chi connectivity index (χ3n) is 3.66. The molecule has 0 unspecified atom stereocenters. The number of fused-ring (bicyclic) bond motifs is 1. The van der Waals surface area contributed by atoms with Gasteiger partial charge in [-0.05, 0) is 25.0 Å². The summed E-state index contributed by atoms with van der Waals surface area (Å²) in [6.07, 6.45) is 2.64. The van der Waals surface area contributed by atoms with E-state index in [2.05, 4.69) is 10.3 Å². The molecular weight excluding hydrogens is 290 g/mol. The maximum atomic E-state index is 11.8. The summed E-state index contributed by atoms with van der Waals surface area (Å²) in [6.45, 7) is 0.574. The first-order valence-electron chi connectivity index (χ1n) is 7.09. The number of halogens is 1. The van der Waals surface area contributed by atoms with Crippen molar-refractivity contribution in [3.05, 3.63) is 24.0 Å². The van der Waals surface area contributed by atoms with E-state index in [1.807, 2.05) is 22.8 Å². The van der Waals surface area contributed by atoms with E-state index in [0.29, 0.717) is 24.9 Å². The summed E-state index contributed by atoms with van der Waals surface area (Å²) in [7, 11) is 1.63. The van der Waals surface area contributed by atoms with E-state index in [-0.39, 0.29) is 5.91 Å². The minimum absolute atomic E-state index is 0.0859. The van der Waals surface area contributed by atoms with E-state index in [4.69, 9.17) is 16.3 Å². The number of rotatable bonds is 6. The van der Waals surface area contributed by atoms with Crippen molar-refractivity contribution in [1.82, 2.24) is 14.9 Å². The Kier molecular flexibility index (Phi) is 4.01. The van der Waals surface area contributed by atoms with Crippen molar-refractivity contribution in [2.24, 2.45) is 0 Å². The lowest BCUT2D eigenvalue weighted by Gasteiger charge is -2.08. The average Bonchev–Trinajstić information content (AvgIpc) is 3.23. The quantitative estimate of drug-likeness (QED) is 0.834. The summed E-state index contributed by atoms with van der Waals surface area (Å²) in [6, 6.07) is 6.10. The number of methoxy groups -OCH3 is 1. The molecule has 1 aromatic heterocycles. The number of aryl methyl sites for hydroxylation is 1. The molecule has 0 aliphatic heterocycles. The number of amides is 1. The zero-order valence-corrected chi connectivity index (χ0v) is 12.7. The highest BCUT2D eigenvalue weighted by molar-refractivity contribution is 6.16. The van der Waals surface area contributed by atoms with Gasteiger partial charge in [0, 0.05) is 25.1 Å². The van der Waals surface area contributed by atoms with Crippen LogP contribution in [-0.2, 0) is 17.2 Å². The molecule has 0 radical (unpaired) electrons. The molecule has 2 aromatic rings. The number of alkyl halides is 1. The van der Waals surface area contributed by atoms with Crippen LogP contribution in [0.25, 0.3) is 11.0 Å². The summed E-state index contributed by atoms with van der Waals surface area (Å²) in [5.41, 5.74) is 1.82. The third-order valence-corrected chi connectivity index (χ3v) is 3.90. The smallest absolute Gasteiger partial charge is 0.222 e. The fourth-order valence-electron chi connectivity index (χ4n) is 2.37. The molecule has 1 heterocycles. The Balaban J connectivity index is 1.82. The number of carbonyl (C=O) groups excluding carboxylic acids is 1. The largest absolute Gasteiger partial charge is 0.497 e. The Morgan fingerprint density at radius 3 is 3.00 bits per heavy atom. The van der Waals surface area contributed by atoms with Gasteiger partial charge in [-0.2, -0.15) is 0 Å². The zero-order chi connectivity index (χ0) is 14.8. The first-order chi connectivity index (χ1) is 10.2. The van der Waals surface area contributed by atoms with Gasteiger partial charge < -0.3 is 14.6 Å². The minimum atomic E-state index is 0.0859. The number of ether oxygens (including phenoxy) is 1. The summed E-state index contributed by atoms with van der Waals surface area (Å²) in [4.78, 5) is 16.3.